The number of ether oxygens (including phenoxy) is 1. The maximum absolute atomic E-state index is 6.02. The first-order chi connectivity index (χ1) is 6.92. The highest BCUT2D eigenvalue weighted by Crippen LogP contribution is 2.16. The molecule has 2 N–H and O–H groups in total. The summed E-state index contributed by atoms with van der Waals surface area (Å²) < 4.78 is 5.67. The van der Waals surface area contributed by atoms with Gasteiger partial charge in [-0.25, -0.2) is 0 Å². The van der Waals surface area contributed by atoms with Crippen molar-refractivity contribution in [2.75, 3.05) is 19.7 Å². The summed E-state index contributed by atoms with van der Waals surface area (Å²) in [5.74, 6) is 0. The van der Waals surface area contributed by atoms with Crippen LogP contribution in [0.2, 0.25) is 0 Å². The van der Waals surface area contributed by atoms with E-state index in [4.69, 9.17) is 10.5 Å². The molecule has 1 heterocycles. The lowest BCUT2D eigenvalue weighted by Gasteiger charge is -2.39. The van der Waals surface area contributed by atoms with Gasteiger partial charge in [-0.1, -0.05) is 6.92 Å². The molecule has 15 heavy (non-hydrogen) atoms. The van der Waals surface area contributed by atoms with Crippen LogP contribution in [0.25, 0.3) is 0 Å². The van der Waals surface area contributed by atoms with Crippen LogP contribution in [-0.2, 0) is 4.74 Å². The van der Waals surface area contributed by atoms with E-state index in [1.807, 2.05) is 0 Å². The Bertz CT molecular complexity index is 189. The van der Waals surface area contributed by atoms with Crippen molar-refractivity contribution in [1.29, 1.82) is 0 Å². The molecule has 1 rings (SSSR count). The lowest BCUT2D eigenvalue weighted by atomic mass is 10.0. The Balaban J connectivity index is 2.42. The maximum Gasteiger partial charge on any atom is 0.0674 e. The standard InChI is InChI=1S/C12H26N2O/c1-5-11-9-15-10(2)8-14(11)7-6-12(3,4)13/h10-11H,5-9,13H2,1-4H3. The van der Waals surface area contributed by atoms with Gasteiger partial charge in [-0.2, -0.15) is 0 Å². The van der Waals surface area contributed by atoms with Crippen LogP contribution < -0.4 is 5.73 Å². The van der Waals surface area contributed by atoms with Crippen LogP contribution in [0.15, 0.2) is 0 Å². The molecular formula is C12H26N2O. The molecule has 0 radical (unpaired) electrons. The summed E-state index contributed by atoms with van der Waals surface area (Å²) in [6.45, 7) is 11.6. The fourth-order valence-electron chi connectivity index (χ4n) is 1.99. The van der Waals surface area contributed by atoms with Gasteiger partial charge in [0.15, 0.2) is 0 Å². The zero-order chi connectivity index (χ0) is 11.5. The molecule has 0 aromatic heterocycles. The van der Waals surface area contributed by atoms with Crippen molar-refractivity contribution in [3.63, 3.8) is 0 Å². The maximum atomic E-state index is 6.02. The minimum atomic E-state index is -0.0557. The van der Waals surface area contributed by atoms with Crippen LogP contribution in [0.4, 0.5) is 0 Å². The molecule has 1 saturated heterocycles. The molecule has 1 aliphatic heterocycles. The van der Waals surface area contributed by atoms with E-state index in [0.29, 0.717) is 12.1 Å². The van der Waals surface area contributed by atoms with Crippen molar-refractivity contribution >= 4 is 0 Å². The third-order valence-electron chi connectivity index (χ3n) is 3.10. The number of rotatable bonds is 4. The number of nitrogens with two attached hydrogens (primary N) is 1. The summed E-state index contributed by atoms with van der Waals surface area (Å²) in [5.41, 5.74) is 5.96. The van der Waals surface area contributed by atoms with E-state index >= 15 is 0 Å². The molecule has 0 bridgehead atoms. The van der Waals surface area contributed by atoms with Crippen LogP contribution in [0.5, 0.6) is 0 Å². The van der Waals surface area contributed by atoms with Gasteiger partial charge >= 0.3 is 0 Å². The first-order valence-electron chi connectivity index (χ1n) is 6.07. The summed E-state index contributed by atoms with van der Waals surface area (Å²) in [6, 6.07) is 0.587. The average molecular weight is 214 g/mol. The Morgan fingerprint density at radius 3 is 2.67 bits per heavy atom. The van der Waals surface area contributed by atoms with E-state index in [1.165, 1.54) is 0 Å². The highest BCUT2D eigenvalue weighted by atomic mass is 16.5. The third-order valence-corrected chi connectivity index (χ3v) is 3.10. The average Bonchev–Trinajstić information content (AvgIpc) is 2.14. The second-order valence-corrected chi connectivity index (χ2v) is 5.44. The molecule has 1 aliphatic rings. The van der Waals surface area contributed by atoms with Gasteiger partial charge < -0.3 is 10.5 Å². The molecule has 3 nitrogen and oxygen atoms in total. The van der Waals surface area contributed by atoms with Crippen LogP contribution in [0.3, 0.4) is 0 Å². The van der Waals surface area contributed by atoms with Crippen LogP contribution in [0.1, 0.15) is 40.5 Å². The zero-order valence-corrected chi connectivity index (χ0v) is 10.6. The minimum Gasteiger partial charge on any atom is -0.376 e. The van der Waals surface area contributed by atoms with E-state index < -0.39 is 0 Å². The Kier molecular flexibility index (Phi) is 4.56. The van der Waals surface area contributed by atoms with Gasteiger partial charge in [0, 0.05) is 24.7 Å². The lowest BCUT2D eigenvalue weighted by Crippen LogP contribution is -2.50. The van der Waals surface area contributed by atoms with Gasteiger partial charge in [0.05, 0.1) is 12.7 Å². The molecule has 1 fully saturated rings. The minimum absolute atomic E-state index is 0.0557. The van der Waals surface area contributed by atoms with Crippen LogP contribution in [-0.4, -0.2) is 42.3 Å². The fourth-order valence-corrected chi connectivity index (χ4v) is 1.99. The van der Waals surface area contributed by atoms with Crippen molar-refractivity contribution in [3.8, 4) is 0 Å². The van der Waals surface area contributed by atoms with Gasteiger partial charge in [0.25, 0.3) is 0 Å². The molecule has 2 unspecified atom stereocenters. The molecular weight excluding hydrogens is 188 g/mol. The first-order valence-corrected chi connectivity index (χ1v) is 6.07. The van der Waals surface area contributed by atoms with Crippen molar-refractivity contribution in [2.45, 2.75) is 58.2 Å². The molecule has 0 spiro atoms. The Morgan fingerprint density at radius 1 is 1.47 bits per heavy atom. The predicted molar refractivity (Wildman–Crippen MR) is 63.9 cm³/mol. The normalized spacial score (nSPS) is 29.4. The summed E-state index contributed by atoms with van der Waals surface area (Å²) in [7, 11) is 0. The number of morpholine rings is 1. The number of nitrogens with zero attached hydrogens (tertiary/aromatic N) is 1. The molecule has 90 valence electrons. The SMILES string of the molecule is CCC1COC(C)CN1CCC(C)(C)N. The smallest absolute Gasteiger partial charge is 0.0674 e. The Labute approximate surface area is 94.0 Å². The summed E-state index contributed by atoms with van der Waals surface area (Å²) >= 11 is 0. The lowest BCUT2D eigenvalue weighted by molar-refractivity contribution is -0.0572. The van der Waals surface area contributed by atoms with Crippen molar-refractivity contribution in [2.24, 2.45) is 5.73 Å². The molecule has 0 aromatic rings. The van der Waals surface area contributed by atoms with Gasteiger partial charge in [-0.05, 0) is 33.6 Å². The highest BCUT2D eigenvalue weighted by Gasteiger charge is 2.26. The molecule has 3 heteroatoms. The van der Waals surface area contributed by atoms with Crippen LogP contribution >= 0.6 is 0 Å². The van der Waals surface area contributed by atoms with E-state index in [0.717, 1.165) is 32.5 Å². The monoisotopic (exact) mass is 214 g/mol. The highest BCUT2D eigenvalue weighted by molar-refractivity contribution is 4.81. The third kappa shape index (κ3) is 4.49. The predicted octanol–water partition coefficient (Wildman–Crippen LogP) is 1.61. The molecule has 0 saturated carbocycles. The van der Waals surface area contributed by atoms with Gasteiger partial charge in [0.1, 0.15) is 0 Å². The second kappa shape index (κ2) is 5.28. The van der Waals surface area contributed by atoms with E-state index in [9.17, 15) is 0 Å². The largest absolute Gasteiger partial charge is 0.376 e. The second-order valence-electron chi connectivity index (χ2n) is 5.44. The zero-order valence-electron chi connectivity index (χ0n) is 10.6. The fraction of sp³-hybridized carbons (Fsp3) is 1.00. The Hall–Kier alpha value is -0.120. The molecule has 2 atom stereocenters. The quantitative estimate of drug-likeness (QED) is 0.773. The number of hydrogen-bond donors (Lipinski definition) is 1. The van der Waals surface area contributed by atoms with E-state index in [-0.39, 0.29) is 5.54 Å². The van der Waals surface area contributed by atoms with Crippen molar-refractivity contribution in [1.82, 2.24) is 4.90 Å². The summed E-state index contributed by atoms with van der Waals surface area (Å²) in [4.78, 5) is 2.53. The number of hydrogen-bond acceptors (Lipinski definition) is 3. The van der Waals surface area contributed by atoms with Crippen molar-refractivity contribution in [3.05, 3.63) is 0 Å². The van der Waals surface area contributed by atoms with Gasteiger partial charge in [-0.3, -0.25) is 4.90 Å². The van der Waals surface area contributed by atoms with Crippen LogP contribution in [0, 0.1) is 0 Å². The molecule has 0 aromatic carbocycles. The van der Waals surface area contributed by atoms with Gasteiger partial charge in [0.2, 0.25) is 0 Å². The molecule has 0 aliphatic carbocycles. The van der Waals surface area contributed by atoms with E-state index in [1.54, 1.807) is 0 Å². The first kappa shape index (κ1) is 12.9. The summed E-state index contributed by atoms with van der Waals surface area (Å²) in [6.07, 6.45) is 2.59. The van der Waals surface area contributed by atoms with Gasteiger partial charge in [-0.15, -0.1) is 0 Å². The Morgan fingerprint density at radius 2 is 2.13 bits per heavy atom. The van der Waals surface area contributed by atoms with Crippen molar-refractivity contribution < 1.29 is 4.74 Å². The molecule has 0 amide bonds. The summed E-state index contributed by atoms with van der Waals surface area (Å²) in [5, 5.41) is 0. The topological polar surface area (TPSA) is 38.5 Å². The van der Waals surface area contributed by atoms with E-state index in [2.05, 4.69) is 32.6 Å².